The van der Waals surface area contributed by atoms with Gasteiger partial charge in [-0.2, -0.15) is 5.10 Å². The Labute approximate surface area is 122 Å². The Hall–Kier alpha value is -2.47. The molecule has 0 bridgehead atoms. The lowest BCUT2D eigenvalue weighted by atomic mass is 10.0. The van der Waals surface area contributed by atoms with Gasteiger partial charge in [0.25, 0.3) is 0 Å². The van der Waals surface area contributed by atoms with Crippen molar-refractivity contribution in [2.45, 2.75) is 6.42 Å². The highest BCUT2D eigenvalue weighted by molar-refractivity contribution is 6.06. The predicted molar refractivity (Wildman–Crippen MR) is 79.3 cm³/mol. The van der Waals surface area contributed by atoms with Crippen molar-refractivity contribution in [1.82, 2.24) is 4.90 Å². The lowest BCUT2D eigenvalue weighted by molar-refractivity contribution is -0.135. The zero-order chi connectivity index (χ0) is 14.7. The van der Waals surface area contributed by atoms with Gasteiger partial charge in [0.15, 0.2) is 5.84 Å². The molecule has 6 nitrogen and oxygen atoms in total. The van der Waals surface area contributed by atoms with E-state index in [1.165, 1.54) is 0 Å². The number of fused-ring (bicyclic) bond motifs is 3. The van der Waals surface area contributed by atoms with Crippen LogP contribution in [-0.4, -0.2) is 43.2 Å². The van der Waals surface area contributed by atoms with Crippen LogP contribution >= 0.6 is 0 Å². The number of rotatable bonds is 4. The maximum absolute atomic E-state index is 11.6. The minimum atomic E-state index is -0.308. The first-order valence-electron chi connectivity index (χ1n) is 6.66. The summed E-state index contributed by atoms with van der Waals surface area (Å²) in [5.41, 5.74) is 1.94. The molecule has 0 fully saturated rings. The largest absolute Gasteiger partial charge is 0.426 e. The normalized spacial score (nSPS) is 15.3. The molecule has 0 saturated heterocycles. The maximum atomic E-state index is 11.6. The Morgan fingerprint density at radius 2 is 2.33 bits per heavy atom. The van der Waals surface area contributed by atoms with Gasteiger partial charge in [0.05, 0.1) is 19.6 Å². The summed E-state index contributed by atoms with van der Waals surface area (Å²) in [6.07, 6.45) is 5.91. The van der Waals surface area contributed by atoms with Gasteiger partial charge in [-0.15, -0.1) is 5.10 Å². The molecule has 0 atom stereocenters. The first-order valence-corrected chi connectivity index (χ1v) is 6.66. The van der Waals surface area contributed by atoms with E-state index < -0.39 is 0 Å². The molecule has 6 heteroatoms. The lowest BCUT2D eigenvalue weighted by Gasteiger charge is -2.26. The monoisotopic (exact) mass is 285 g/mol. The molecule has 0 unspecified atom stereocenters. The van der Waals surface area contributed by atoms with Gasteiger partial charge in [0, 0.05) is 25.1 Å². The van der Waals surface area contributed by atoms with Crippen molar-refractivity contribution < 1.29 is 14.3 Å². The fourth-order valence-corrected chi connectivity index (χ4v) is 2.19. The van der Waals surface area contributed by atoms with E-state index in [1.807, 2.05) is 29.3 Å². The van der Waals surface area contributed by atoms with Gasteiger partial charge in [0.2, 0.25) is 0 Å². The highest BCUT2D eigenvalue weighted by atomic mass is 16.5. The third kappa shape index (κ3) is 2.85. The summed E-state index contributed by atoms with van der Waals surface area (Å²) in [6, 6.07) is 5.49. The summed E-state index contributed by atoms with van der Waals surface area (Å²) in [5.74, 6) is 1.03. The second kappa shape index (κ2) is 5.88. The van der Waals surface area contributed by atoms with E-state index >= 15 is 0 Å². The number of carbonyl (C=O) groups is 1. The SMILES string of the molecule is COCCC(=O)Oc1ccc2c(c1)C=CN1CC=NN=C21. The summed E-state index contributed by atoms with van der Waals surface area (Å²) in [6.45, 7) is 1.07. The fourth-order valence-electron chi connectivity index (χ4n) is 2.19. The number of amidine groups is 1. The molecule has 108 valence electrons. The highest BCUT2D eigenvalue weighted by Gasteiger charge is 2.20. The minimum absolute atomic E-state index is 0.235. The minimum Gasteiger partial charge on any atom is -0.426 e. The molecule has 3 rings (SSSR count). The van der Waals surface area contributed by atoms with Crippen LogP contribution in [0, 0.1) is 0 Å². The molecule has 2 heterocycles. The molecule has 1 aromatic rings. The first-order chi connectivity index (χ1) is 10.3. The number of methoxy groups -OCH3 is 1. The van der Waals surface area contributed by atoms with E-state index in [2.05, 4.69) is 10.2 Å². The molecule has 1 aromatic carbocycles. The standard InChI is InChI=1S/C15H15N3O3/c1-20-9-5-14(19)21-12-2-3-13-11(10-12)4-7-18-8-6-16-17-15(13)18/h2-4,6-7,10H,5,8-9H2,1H3. The van der Waals surface area contributed by atoms with Crippen LogP contribution < -0.4 is 4.74 Å². The number of benzene rings is 1. The van der Waals surface area contributed by atoms with Crippen LogP contribution in [-0.2, 0) is 9.53 Å². The van der Waals surface area contributed by atoms with Gasteiger partial charge in [-0.3, -0.25) is 4.79 Å². The number of ether oxygens (including phenoxy) is 2. The smallest absolute Gasteiger partial charge is 0.313 e. The van der Waals surface area contributed by atoms with Crippen molar-refractivity contribution in [3.63, 3.8) is 0 Å². The summed E-state index contributed by atoms with van der Waals surface area (Å²) >= 11 is 0. The third-order valence-electron chi connectivity index (χ3n) is 3.22. The molecule has 0 N–H and O–H groups in total. The van der Waals surface area contributed by atoms with Crippen LogP contribution in [0.15, 0.2) is 34.6 Å². The molecule has 0 radical (unpaired) electrons. The van der Waals surface area contributed by atoms with Gasteiger partial charge in [-0.25, -0.2) is 0 Å². The van der Waals surface area contributed by atoms with Crippen molar-refractivity contribution in [2.24, 2.45) is 10.2 Å². The summed E-state index contributed by atoms with van der Waals surface area (Å²) in [5, 5.41) is 8.11. The fraction of sp³-hybridized carbons (Fsp3) is 0.267. The molecule has 2 aliphatic rings. The van der Waals surface area contributed by atoms with E-state index in [1.54, 1.807) is 19.4 Å². The van der Waals surface area contributed by atoms with E-state index in [-0.39, 0.29) is 12.4 Å². The number of carbonyl (C=O) groups excluding carboxylic acids is 1. The zero-order valence-electron chi connectivity index (χ0n) is 11.7. The number of hydrogen-bond donors (Lipinski definition) is 0. The third-order valence-corrected chi connectivity index (χ3v) is 3.22. The molecule has 0 aliphatic carbocycles. The molecular weight excluding hydrogens is 270 g/mol. The van der Waals surface area contributed by atoms with Crippen molar-refractivity contribution in [2.75, 3.05) is 20.3 Å². The topological polar surface area (TPSA) is 63.5 Å². The predicted octanol–water partition coefficient (Wildman–Crippen LogP) is 1.66. The van der Waals surface area contributed by atoms with Crippen LogP contribution in [0.1, 0.15) is 17.5 Å². The van der Waals surface area contributed by atoms with E-state index in [0.29, 0.717) is 18.9 Å². The van der Waals surface area contributed by atoms with Gasteiger partial charge < -0.3 is 14.4 Å². The molecule has 0 spiro atoms. The summed E-state index contributed by atoms with van der Waals surface area (Å²) in [4.78, 5) is 13.6. The van der Waals surface area contributed by atoms with Crippen molar-refractivity contribution in [3.8, 4) is 5.75 Å². The lowest BCUT2D eigenvalue weighted by Crippen LogP contribution is -2.32. The van der Waals surface area contributed by atoms with Crippen molar-refractivity contribution >= 4 is 24.1 Å². The quantitative estimate of drug-likeness (QED) is 0.623. The number of esters is 1. The zero-order valence-corrected chi connectivity index (χ0v) is 11.7. The maximum Gasteiger partial charge on any atom is 0.313 e. The van der Waals surface area contributed by atoms with Gasteiger partial charge in [-0.05, 0) is 29.8 Å². The van der Waals surface area contributed by atoms with Gasteiger partial charge in [-0.1, -0.05) is 0 Å². The molecule has 2 aliphatic heterocycles. The second-order valence-corrected chi connectivity index (χ2v) is 4.66. The molecule has 0 aromatic heterocycles. The summed E-state index contributed by atoms with van der Waals surface area (Å²) < 4.78 is 10.1. The van der Waals surface area contributed by atoms with Crippen LogP contribution in [0.2, 0.25) is 0 Å². The Bertz CT molecular complexity index is 650. The van der Waals surface area contributed by atoms with Crippen LogP contribution in [0.4, 0.5) is 0 Å². The molecular formula is C15H15N3O3. The first kappa shape index (κ1) is 13.5. The molecule has 0 saturated carbocycles. The van der Waals surface area contributed by atoms with Crippen molar-refractivity contribution in [3.05, 3.63) is 35.5 Å². The Balaban J connectivity index is 1.80. The molecule has 21 heavy (non-hydrogen) atoms. The number of hydrogen-bond acceptors (Lipinski definition) is 6. The Morgan fingerprint density at radius 1 is 1.43 bits per heavy atom. The van der Waals surface area contributed by atoms with Crippen LogP contribution in [0.25, 0.3) is 6.08 Å². The Kier molecular flexibility index (Phi) is 3.79. The van der Waals surface area contributed by atoms with Crippen LogP contribution in [0.3, 0.4) is 0 Å². The van der Waals surface area contributed by atoms with E-state index in [9.17, 15) is 4.79 Å². The van der Waals surface area contributed by atoms with E-state index in [0.717, 1.165) is 17.0 Å². The second-order valence-electron chi connectivity index (χ2n) is 4.66. The van der Waals surface area contributed by atoms with Gasteiger partial charge >= 0.3 is 5.97 Å². The highest BCUT2D eigenvalue weighted by Crippen LogP contribution is 2.26. The average Bonchev–Trinajstić information content (AvgIpc) is 2.52. The van der Waals surface area contributed by atoms with Crippen molar-refractivity contribution in [1.29, 1.82) is 0 Å². The van der Waals surface area contributed by atoms with Gasteiger partial charge in [0.1, 0.15) is 5.75 Å². The van der Waals surface area contributed by atoms with E-state index in [4.69, 9.17) is 9.47 Å². The summed E-state index contributed by atoms with van der Waals surface area (Å²) in [7, 11) is 1.55. The molecule has 0 amide bonds. The number of nitrogens with zero attached hydrogens (tertiary/aromatic N) is 3. The average molecular weight is 285 g/mol. The van der Waals surface area contributed by atoms with Crippen LogP contribution in [0.5, 0.6) is 5.75 Å². The Morgan fingerprint density at radius 3 is 3.19 bits per heavy atom.